The molecule has 11 heteroatoms. The number of aromatic nitrogens is 2. The van der Waals surface area contributed by atoms with Gasteiger partial charge in [0.1, 0.15) is 0 Å². The van der Waals surface area contributed by atoms with E-state index in [-0.39, 0.29) is 27.8 Å². The molecule has 0 bridgehead atoms. The van der Waals surface area contributed by atoms with Gasteiger partial charge in [0.25, 0.3) is 5.91 Å². The monoisotopic (exact) mass is 412 g/mol. The van der Waals surface area contributed by atoms with Gasteiger partial charge in [-0.05, 0) is 52.0 Å². The summed E-state index contributed by atoms with van der Waals surface area (Å²) >= 11 is 0.841. The van der Waals surface area contributed by atoms with Crippen LogP contribution in [0.15, 0.2) is 29.2 Å². The topological polar surface area (TPSA) is 127 Å². The van der Waals surface area contributed by atoms with E-state index < -0.39 is 27.4 Å². The van der Waals surface area contributed by atoms with Crippen molar-refractivity contribution in [1.82, 2.24) is 14.3 Å². The van der Waals surface area contributed by atoms with Gasteiger partial charge in [-0.1, -0.05) is 4.49 Å². The maximum Gasteiger partial charge on any atom is 0.362 e. The van der Waals surface area contributed by atoms with E-state index in [4.69, 9.17) is 4.74 Å². The predicted octanol–water partition coefficient (Wildman–Crippen LogP) is 2.04. The smallest absolute Gasteiger partial charge is 0.362 e. The largest absolute Gasteiger partial charge is 0.461 e. The summed E-state index contributed by atoms with van der Waals surface area (Å²) in [6.45, 7) is 7.02. The fourth-order valence-corrected chi connectivity index (χ4v) is 4.00. The van der Waals surface area contributed by atoms with Crippen LogP contribution in [0.25, 0.3) is 0 Å². The second kappa shape index (κ2) is 8.11. The third kappa shape index (κ3) is 5.55. The molecule has 0 aliphatic carbocycles. The first-order valence-corrected chi connectivity index (χ1v) is 10.2. The van der Waals surface area contributed by atoms with Gasteiger partial charge in [0.2, 0.25) is 15.7 Å². The molecule has 0 saturated heterocycles. The fourth-order valence-electron chi connectivity index (χ4n) is 2.03. The van der Waals surface area contributed by atoms with Crippen molar-refractivity contribution in [1.29, 1.82) is 0 Å². The Morgan fingerprint density at radius 3 is 2.37 bits per heavy atom. The summed E-state index contributed by atoms with van der Waals surface area (Å²) in [5.74, 6) is -1.21. The van der Waals surface area contributed by atoms with Crippen LogP contribution in [0.4, 0.5) is 5.00 Å². The summed E-state index contributed by atoms with van der Waals surface area (Å²) in [5, 5.41) is 6.34. The number of carbonyl (C=O) groups excluding carboxylic acids is 2. The maximum absolute atomic E-state index is 12.4. The van der Waals surface area contributed by atoms with Gasteiger partial charge in [0.15, 0.2) is 5.00 Å². The van der Waals surface area contributed by atoms with Gasteiger partial charge in [-0.3, -0.25) is 4.79 Å². The van der Waals surface area contributed by atoms with Crippen molar-refractivity contribution in [2.45, 2.75) is 38.1 Å². The van der Waals surface area contributed by atoms with Crippen molar-refractivity contribution >= 4 is 38.4 Å². The van der Waals surface area contributed by atoms with Gasteiger partial charge >= 0.3 is 5.97 Å². The van der Waals surface area contributed by atoms with Crippen LogP contribution in [0.3, 0.4) is 0 Å². The molecule has 2 N–H and O–H groups in total. The van der Waals surface area contributed by atoms with Crippen molar-refractivity contribution in [3.8, 4) is 0 Å². The number of hydrogen-bond donors (Lipinski definition) is 2. The van der Waals surface area contributed by atoms with Crippen molar-refractivity contribution in [2.24, 2.45) is 0 Å². The Kier molecular flexibility index (Phi) is 6.29. The van der Waals surface area contributed by atoms with Gasteiger partial charge in [-0.25, -0.2) is 17.9 Å². The number of nitrogens with one attached hydrogen (secondary N) is 2. The highest BCUT2D eigenvalue weighted by Crippen LogP contribution is 2.20. The summed E-state index contributed by atoms with van der Waals surface area (Å²) in [4.78, 5) is 24.2. The number of carbonyl (C=O) groups is 2. The SMILES string of the molecule is CCOC(=O)c1nnsc1NC(=O)c1ccc(S(=O)(=O)NC(C)(C)C)cc1. The van der Waals surface area contributed by atoms with Crippen LogP contribution in [-0.4, -0.2) is 42.0 Å². The molecule has 0 atom stereocenters. The Morgan fingerprint density at radius 1 is 1.19 bits per heavy atom. The zero-order valence-corrected chi connectivity index (χ0v) is 16.9. The molecule has 1 aromatic heterocycles. The molecule has 27 heavy (non-hydrogen) atoms. The standard InChI is InChI=1S/C16H20N4O5S2/c1-5-25-15(22)12-14(26-20-18-12)17-13(21)10-6-8-11(9-7-10)27(23,24)19-16(2,3)4/h6-9,19H,5H2,1-4H3,(H,17,21). The molecule has 0 spiro atoms. The lowest BCUT2D eigenvalue weighted by atomic mass is 10.1. The zero-order chi connectivity index (χ0) is 20.2. The summed E-state index contributed by atoms with van der Waals surface area (Å²) in [6, 6.07) is 5.43. The van der Waals surface area contributed by atoms with Crippen LogP contribution < -0.4 is 10.0 Å². The van der Waals surface area contributed by atoms with E-state index in [1.165, 1.54) is 24.3 Å². The molecule has 2 rings (SSSR count). The Hall–Kier alpha value is -2.37. The fraction of sp³-hybridized carbons (Fsp3) is 0.375. The number of rotatable bonds is 6. The van der Waals surface area contributed by atoms with E-state index in [1.807, 2.05) is 0 Å². The van der Waals surface area contributed by atoms with Crippen molar-refractivity contribution < 1.29 is 22.7 Å². The molecule has 1 amide bonds. The van der Waals surface area contributed by atoms with E-state index >= 15 is 0 Å². The van der Waals surface area contributed by atoms with E-state index in [1.54, 1.807) is 27.7 Å². The highest BCUT2D eigenvalue weighted by atomic mass is 32.2. The Morgan fingerprint density at radius 2 is 1.81 bits per heavy atom. The zero-order valence-electron chi connectivity index (χ0n) is 15.3. The normalized spacial score (nSPS) is 11.9. The molecule has 0 fully saturated rings. The number of hydrogen-bond acceptors (Lipinski definition) is 8. The third-order valence-electron chi connectivity index (χ3n) is 3.05. The molecule has 2 aromatic rings. The lowest BCUT2D eigenvalue weighted by Gasteiger charge is -2.20. The van der Waals surface area contributed by atoms with Crippen molar-refractivity contribution in [3.63, 3.8) is 0 Å². The lowest BCUT2D eigenvalue weighted by molar-refractivity contribution is 0.0520. The molecule has 9 nitrogen and oxygen atoms in total. The average Bonchev–Trinajstić information content (AvgIpc) is 3.01. The average molecular weight is 412 g/mol. The molecule has 1 aromatic carbocycles. The first kappa shape index (κ1) is 20.9. The van der Waals surface area contributed by atoms with E-state index in [0.29, 0.717) is 0 Å². The molecule has 0 saturated carbocycles. The number of anilines is 1. The van der Waals surface area contributed by atoms with Crippen LogP contribution in [0.5, 0.6) is 0 Å². The molecule has 0 radical (unpaired) electrons. The minimum absolute atomic E-state index is 0.0423. The van der Waals surface area contributed by atoms with Gasteiger partial charge < -0.3 is 10.1 Å². The third-order valence-corrected chi connectivity index (χ3v) is 5.47. The van der Waals surface area contributed by atoms with E-state index in [9.17, 15) is 18.0 Å². The number of ether oxygens (including phenoxy) is 1. The summed E-state index contributed by atoms with van der Waals surface area (Å²) < 4.78 is 35.6. The second-order valence-electron chi connectivity index (χ2n) is 6.51. The molecular weight excluding hydrogens is 392 g/mol. The summed E-state index contributed by atoms with van der Waals surface area (Å²) in [5.41, 5.74) is -0.492. The number of nitrogens with zero attached hydrogens (tertiary/aromatic N) is 2. The highest BCUT2D eigenvalue weighted by molar-refractivity contribution is 7.89. The molecule has 1 heterocycles. The van der Waals surface area contributed by atoms with Gasteiger partial charge in [0, 0.05) is 22.6 Å². The molecular formula is C16H20N4O5S2. The van der Waals surface area contributed by atoms with Gasteiger partial charge in [-0.2, -0.15) is 0 Å². The molecule has 0 aliphatic rings. The van der Waals surface area contributed by atoms with Crippen LogP contribution in [0, 0.1) is 0 Å². The quantitative estimate of drug-likeness (QED) is 0.695. The van der Waals surface area contributed by atoms with Crippen LogP contribution in [-0.2, 0) is 14.8 Å². The number of esters is 1. The van der Waals surface area contributed by atoms with Crippen LogP contribution >= 0.6 is 11.5 Å². The number of amides is 1. The predicted molar refractivity (Wildman–Crippen MR) is 100 cm³/mol. The van der Waals surface area contributed by atoms with E-state index in [0.717, 1.165) is 11.5 Å². The van der Waals surface area contributed by atoms with Gasteiger partial charge in [0.05, 0.1) is 11.5 Å². The minimum atomic E-state index is -3.70. The Labute approximate surface area is 161 Å². The van der Waals surface area contributed by atoms with Crippen LogP contribution in [0.1, 0.15) is 48.5 Å². The molecule has 0 unspecified atom stereocenters. The Bertz CT molecular complexity index is 930. The van der Waals surface area contributed by atoms with Crippen molar-refractivity contribution in [3.05, 3.63) is 35.5 Å². The van der Waals surface area contributed by atoms with Crippen molar-refractivity contribution in [2.75, 3.05) is 11.9 Å². The lowest BCUT2D eigenvalue weighted by Crippen LogP contribution is -2.40. The van der Waals surface area contributed by atoms with Crippen LogP contribution in [0.2, 0.25) is 0 Å². The molecule has 146 valence electrons. The summed E-state index contributed by atoms with van der Waals surface area (Å²) in [7, 11) is -3.70. The first-order chi connectivity index (χ1) is 12.5. The minimum Gasteiger partial charge on any atom is -0.461 e. The number of benzene rings is 1. The van der Waals surface area contributed by atoms with Gasteiger partial charge in [-0.15, -0.1) is 5.10 Å². The number of sulfonamides is 1. The highest BCUT2D eigenvalue weighted by Gasteiger charge is 2.23. The second-order valence-corrected chi connectivity index (χ2v) is 8.94. The Balaban J connectivity index is 2.15. The molecule has 0 aliphatic heterocycles. The first-order valence-electron chi connectivity index (χ1n) is 7.98. The maximum atomic E-state index is 12.4. The van der Waals surface area contributed by atoms with E-state index in [2.05, 4.69) is 19.6 Å². The summed E-state index contributed by atoms with van der Waals surface area (Å²) in [6.07, 6.45) is 0.